The fourth-order valence-electron chi connectivity index (χ4n) is 1.18. The highest BCUT2D eigenvalue weighted by molar-refractivity contribution is 6.33. The molecule has 1 heteroatoms. The van der Waals surface area contributed by atoms with Crippen LogP contribution in [0.15, 0.2) is 24.3 Å². The Labute approximate surface area is 70.0 Å². The van der Waals surface area contributed by atoms with Crippen molar-refractivity contribution in [1.29, 1.82) is 0 Å². The van der Waals surface area contributed by atoms with Crippen molar-refractivity contribution in [3.63, 3.8) is 0 Å². The molecule has 1 aromatic carbocycles. The van der Waals surface area contributed by atoms with Crippen LogP contribution in [0.5, 0.6) is 0 Å². The molecule has 0 nitrogen and oxygen atoms in total. The molecular weight excluding hydrogens is 131 g/mol. The zero-order chi connectivity index (χ0) is 8.48. The Morgan fingerprint density at radius 1 is 1.09 bits per heavy atom. The number of benzene rings is 1. The van der Waals surface area contributed by atoms with E-state index in [-0.39, 0.29) is 5.41 Å². The molecule has 1 rings (SSSR count). The molecule has 1 aromatic rings. The van der Waals surface area contributed by atoms with Crippen LogP contribution in [0.1, 0.15) is 26.3 Å². The largest absolute Gasteiger partial charge is 0.114 e. The standard InChI is InChI=1S/C10H13B/c1-10(2,3)8-6-4-5-7-9(8)11/h4-7H,1-3H3. The summed E-state index contributed by atoms with van der Waals surface area (Å²) < 4.78 is 0. The molecule has 0 aromatic heterocycles. The first-order valence-corrected chi connectivity index (χ1v) is 3.87. The van der Waals surface area contributed by atoms with Gasteiger partial charge in [0.25, 0.3) is 0 Å². The molecule has 0 spiro atoms. The van der Waals surface area contributed by atoms with E-state index in [2.05, 4.69) is 26.8 Å². The SMILES string of the molecule is [B]c1ccccc1C(C)(C)C. The predicted octanol–water partition coefficient (Wildman–Crippen LogP) is 1.78. The minimum Gasteiger partial charge on any atom is -0.0930 e. The molecular formula is C10H13B. The normalized spacial score (nSPS) is 11.5. The minimum atomic E-state index is 0.158. The Bertz CT molecular complexity index is 245. The van der Waals surface area contributed by atoms with E-state index < -0.39 is 0 Å². The van der Waals surface area contributed by atoms with Gasteiger partial charge in [0.1, 0.15) is 7.85 Å². The van der Waals surface area contributed by atoms with E-state index >= 15 is 0 Å². The third-order valence-corrected chi connectivity index (χ3v) is 1.77. The Balaban J connectivity index is 3.14. The van der Waals surface area contributed by atoms with Crippen LogP contribution in [0, 0.1) is 0 Å². The summed E-state index contributed by atoms with van der Waals surface area (Å²) in [7, 11) is 5.81. The highest BCUT2D eigenvalue weighted by Gasteiger charge is 2.14. The average molecular weight is 144 g/mol. The highest BCUT2D eigenvalue weighted by atomic mass is 14.2. The summed E-state index contributed by atoms with van der Waals surface area (Å²) in [5.74, 6) is 0. The van der Waals surface area contributed by atoms with Crippen molar-refractivity contribution in [3.05, 3.63) is 29.8 Å². The second-order valence-electron chi connectivity index (χ2n) is 3.84. The summed E-state index contributed by atoms with van der Waals surface area (Å²) in [6.45, 7) is 6.50. The van der Waals surface area contributed by atoms with Crippen LogP contribution in [0.2, 0.25) is 0 Å². The lowest BCUT2D eigenvalue weighted by Crippen LogP contribution is -2.22. The molecule has 0 aliphatic carbocycles. The van der Waals surface area contributed by atoms with Crippen LogP contribution in [0.4, 0.5) is 0 Å². The predicted molar refractivity (Wildman–Crippen MR) is 50.5 cm³/mol. The van der Waals surface area contributed by atoms with Crippen molar-refractivity contribution < 1.29 is 0 Å². The fourth-order valence-corrected chi connectivity index (χ4v) is 1.18. The van der Waals surface area contributed by atoms with Gasteiger partial charge in [-0.2, -0.15) is 0 Å². The van der Waals surface area contributed by atoms with Crippen molar-refractivity contribution in [2.45, 2.75) is 26.2 Å². The Kier molecular flexibility index (Phi) is 2.08. The molecule has 2 radical (unpaired) electrons. The van der Waals surface area contributed by atoms with Gasteiger partial charge in [-0.3, -0.25) is 0 Å². The van der Waals surface area contributed by atoms with Gasteiger partial charge >= 0.3 is 0 Å². The summed E-state index contributed by atoms with van der Waals surface area (Å²) >= 11 is 0. The summed E-state index contributed by atoms with van der Waals surface area (Å²) in [6.07, 6.45) is 0. The maximum absolute atomic E-state index is 5.81. The van der Waals surface area contributed by atoms with E-state index in [1.54, 1.807) is 0 Å². The Morgan fingerprint density at radius 3 is 2.00 bits per heavy atom. The minimum absolute atomic E-state index is 0.158. The summed E-state index contributed by atoms with van der Waals surface area (Å²) in [4.78, 5) is 0. The molecule has 0 atom stereocenters. The first-order valence-electron chi connectivity index (χ1n) is 3.87. The molecule has 0 saturated carbocycles. The van der Waals surface area contributed by atoms with Crippen molar-refractivity contribution in [1.82, 2.24) is 0 Å². The lowest BCUT2D eigenvalue weighted by atomic mass is 9.78. The first kappa shape index (κ1) is 8.38. The quantitative estimate of drug-likeness (QED) is 0.487. The van der Waals surface area contributed by atoms with Gasteiger partial charge < -0.3 is 0 Å². The van der Waals surface area contributed by atoms with Crippen molar-refractivity contribution in [2.75, 3.05) is 0 Å². The van der Waals surface area contributed by atoms with Crippen molar-refractivity contribution >= 4 is 13.3 Å². The maximum atomic E-state index is 5.81. The van der Waals surface area contributed by atoms with Crippen LogP contribution in [-0.4, -0.2) is 7.85 Å². The molecule has 0 unspecified atom stereocenters. The van der Waals surface area contributed by atoms with E-state index in [9.17, 15) is 0 Å². The van der Waals surface area contributed by atoms with Crippen LogP contribution in [0.25, 0.3) is 0 Å². The topological polar surface area (TPSA) is 0 Å². The molecule has 0 saturated heterocycles. The molecule has 0 N–H and O–H groups in total. The Hall–Kier alpha value is -0.715. The number of hydrogen-bond donors (Lipinski definition) is 0. The highest BCUT2D eigenvalue weighted by Crippen LogP contribution is 2.18. The monoisotopic (exact) mass is 144 g/mol. The van der Waals surface area contributed by atoms with Crippen molar-refractivity contribution in [3.8, 4) is 0 Å². The van der Waals surface area contributed by atoms with Gasteiger partial charge in [0, 0.05) is 0 Å². The average Bonchev–Trinajstić information content (AvgIpc) is 1.86. The second kappa shape index (κ2) is 2.73. The summed E-state index contributed by atoms with van der Waals surface area (Å²) in [5, 5.41) is 0. The van der Waals surface area contributed by atoms with Crippen molar-refractivity contribution in [2.24, 2.45) is 0 Å². The fraction of sp³-hybridized carbons (Fsp3) is 0.400. The second-order valence-corrected chi connectivity index (χ2v) is 3.84. The third kappa shape index (κ3) is 1.86. The van der Waals surface area contributed by atoms with Crippen LogP contribution >= 0.6 is 0 Å². The maximum Gasteiger partial charge on any atom is 0.114 e. The zero-order valence-corrected chi connectivity index (χ0v) is 7.39. The van der Waals surface area contributed by atoms with E-state index in [0.29, 0.717) is 0 Å². The lowest BCUT2D eigenvalue weighted by Gasteiger charge is -2.21. The molecule has 11 heavy (non-hydrogen) atoms. The van der Waals surface area contributed by atoms with Gasteiger partial charge in [-0.15, -0.1) is 0 Å². The van der Waals surface area contributed by atoms with Crippen LogP contribution in [0.3, 0.4) is 0 Å². The zero-order valence-electron chi connectivity index (χ0n) is 7.39. The molecule has 0 aliphatic rings. The van der Waals surface area contributed by atoms with E-state index in [1.807, 2.05) is 18.2 Å². The van der Waals surface area contributed by atoms with Gasteiger partial charge in [0.15, 0.2) is 0 Å². The lowest BCUT2D eigenvalue weighted by molar-refractivity contribution is 0.594. The molecule has 56 valence electrons. The van der Waals surface area contributed by atoms with E-state index in [4.69, 9.17) is 7.85 Å². The Morgan fingerprint density at radius 2 is 1.64 bits per heavy atom. The van der Waals surface area contributed by atoms with Gasteiger partial charge in [-0.1, -0.05) is 50.5 Å². The molecule has 0 aliphatic heterocycles. The molecule has 0 bridgehead atoms. The van der Waals surface area contributed by atoms with Crippen LogP contribution < -0.4 is 5.46 Å². The van der Waals surface area contributed by atoms with Gasteiger partial charge in [-0.25, -0.2) is 0 Å². The van der Waals surface area contributed by atoms with Gasteiger partial charge in [0.05, 0.1) is 0 Å². The van der Waals surface area contributed by atoms with E-state index in [0.717, 1.165) is 5.46 Å². The molecule has 0 fully saturated rings. The third-order valence-electron chi connectivity index (χ3n) is 1.77. The van der Waals surface area contributed by atoms with Gasteiger partial charge in [0.2, 0.25) is 0 Å². The summed E-state index contributed by atoms with van der Waals surface area (Å²) in [6, 6.07) is 8.01. The van der Waals surface area contributed by atoms with E-state index in [1.165, 1.54) is 5.56 Å². The van der Waals surface area contributed by atoms with Gasteiger partial charge in [-0.05, 0) is 11.0 Å². The molecule has 0 heterocycles. The number of hydrogen-bond acceptors (Lipinski definition) is 0. The smallest absolute Gasteiger partial charge is 0.0930 e. The summed E-state index contributed by atoms with van der Waals surface area (Å²) in [5.41, 5.74) is 2.27. The first-order chi connectivity index (χ1) is 5.02. The van der Waals surface area contributed by atoms with Crippen LogP contribution in [-0.2, 0) is 5.41 Å². The molecule has 0 amide bonds. The number of rotatable bonds is 0.